The Hall–Kier alpha value is -9.28. The van der Waals surface area contributed by atoms with E-state index in [9.17, 15) is 84.2 Å². The van der Waals surface area contributed by atoms with E-state index in [0.717, 1.165) is 68.2 Å². The Bertz CT molecular complexity index is 3590. The first kappa shape index (κ1) is 66.0. The van der Waals surface area contributed by atoms with Gasteiger partial charge in [0.1, 0.15) is 28.0 Å². The summed E-state index contributed by atoms with van der Waals surface area (Å²) >= 11 is 3.13. The summed E-state index contributed by atoms with van der Waals surface area (Å²) < 4.78 is 94.2. The highest BCUT2D eigenvalue weighted by Gasteiger charge is 2.29. The molecule has 2 N–H and O–H groups in total. The Labute approximate surface area is 462 Å². The molecule has 0 saturated heterocycles. The summed E-state index contributed by atoms with van der Waals surface area (Å²) in [6.45, 7) is 4.74. The lowest BCUT2D eigenvalue weighted by molar-refractivity contribution is -0.142. The number of halogens is 7. The number of hydrogen-bond donors (Lipinski definition) is 2. The topological polar surface area (TPSA) is 291 Å². The first-order valence-corrected chi connectivity index (χ1v) is 24.5. The third-order valence-corrected chi connectivity index (χ3v) is 11.1. The number of carbonyl (C=O) groups excluding carboxylic acids is 6. The van der Waals surface area contributed by atoms with Crippen molar-refractivity contribution < 1.29 is 84.3 Å². The smallest absolute Gasteiger partial charge is 0.345 e. The van der Waals surface area contributed by atoms with Gasteiger partial charge in [-0.15, -0.1) is 0 Å². The van der Waals surface area contributed by atoms with Gasteiger partial charge in [-0.3, -0.25) is 33.1 Å². The van der Waals surface area contributed by atoms with Crippen LogP contribution in [0.25, 0.3) is 0 Å². The molecule has 5 aromatic rings. The molecule has 2 aliphatic rings. The van der Waals surface area contributed by atoms with Gasteiger partial charge in [-0.05, 0) is 73.9 Å². The summed E-state index contributed by atoms with van der Waals surface area (Å²) in [6, 6.07) is 9.77. The maximum absolute atomic E-state index is 13.3. The lowest BCUT2D eigenvalue weighted by atomic mass is 10.1. The predicted molar refractivity (Wildman–Crippen MR) is 276 cm³/mol. The molecule has 29 heteroatoms. The van der Waals surface area contributed by atoms with Crippen molar-refractivity contribution in [3.05, 3.63) is 194 Å². The van der Waals surface area contributed by atoms with Crippen molar-refractivity contribution in [3.8, 4) is 0 Å². The molecule has 0 unspecified atom stereocenters. The number of aliphatic imine (C=N–C) groups is 1. The number of carbonyl (C=O) groups is 7. The van der Waals surface area contributed by atoms with E-state index in [1.54, 1.807) is 20.8 Å². The summed E-state index contributed by atoms with van der Waals surface area (Å²) in [5, 5.41) is 18.7. The molecule has 0 atom stereocenters. The number of aryl methyl sites for hydroxylation is 2. The maximum Gasteiger partial charge on any atom is 0.345 e. The lowest BCUT2D eigenvalue weighted by Crippen LogP contribution is -2.42. The van der Waals surface area contributed by atoms with Crippen molar-refractivity contribution in [1.29, 1.82) is 0 Å². The molecule has 432 valence electrons. The highest BCUT2D eigenvalue weighted by Crippen LogP contribution is 2.15. The van der Waals surface area contributed by atoms with Gasteiger partial charge in [0.2, 0.25) is 5.91 Å². The molecule has 81 heavy (non-hydrogen) atoms. The van der Waals surface area contributed by atoms with E-state index in [0.29, 0.717) is 9.90 Å². The van der Waals surface area contributed by atoms with Crippen LogP contribution in [-0.4, -0.2) is 108 Å². The molecule has 0 saturated carbocycles. The molecule has 0 fully saturated rings. The van der Waals surface area contributed by atoms with Crippen molar-refractivity contribution in [1.82, 2.24) is 23.2 Å². The second-order valence-corrected chi connectivity index (χ2v) is 16.9. The van der Waals surface area contributed by atoms with Crippen LogP contribution >= 0.6 is 15.9 Å². The molecule has 3 aromatic carbocycles. The quantitative estimate of drug-likeness (QED) is 0.0427. The fourth-order valence-corrected chi connectivity index (χ4v) is 6.79. The van der Waals surface area contributed by atoms with E-state index in [1.165, 1.54) is 56.5 Å². The van der Waals surface area contributed by atoms with Crippen LogP contribution in [0.3, 0.4) is 0 Å². The first-order chi connectivity index (χ1) is 38.1. The number of Topliss-reactive ketones (excluding diaryl/α,β-unsaturated/α-hetero) is 1. The predicted octanol–water partition coefficient (Wildman–Crippen LogP) is 4.71. The van der Waals surface area contributed by atoms with Crippen molar-refractivity contribution in [2.45, 2.75) is 52.0 Å². The van der Waals surface area contributed by atoms with Crippen LogP contribution in [0.2, 0.25) is 0 Å². The number of aliphatic hydroxyl groups excluding tert-OH is 1. The minimum Gasteiger partial charge on any atom is -0.511 e. The van der Waals surface area contributed by atoms with Crippen molar-refractivity contribution in [2.24, 2.45) is 19.1 Å². The number of rotatable bonds is 12. The van der Waals surface area contributed by atoms with Crippen LogP contribution in [0.15, 0.2) is 114 Å². The lowest BCUT2D eigenvalue weighted by Gasteiger charge is -2.18. The van der Waals surface area contributed by atoms with Gasteiger partial charge in [-0.2, -0.15) is 0 Å². The number of esters is 3. The fraction of sp³-hybridized carbons (Fsp3) is 0.269. The van der Waals surface area contributed by atoms with Crippen molar-refractivity contribution >= 4 is 63.6 Å². The molecule has 2 aromatic heterocycles. The van der Waals surface area contributed by atoms with Crippen LogP contribution < -0.4 is 22.5 Å². The number of amides is 2. The van der Waals surface area contributed by atoms with Crippen LogP contribution in [0, 0.1) is 34.9 Å². The third-order valence-electron chi connectivity index (χ3n) is 10.5. The van der Waals surface area contributed by atoms with E-state index in [4.69, 9.17) is 9.84 Å². The Balaban J connectivity index is 0.000000274. The van der Waals surface area contributed by atoms with E-state index in [-0.39, 0.29) is 85.3 Å². The number of dihydropyridines is 1. The normalized spacial score (nSPS) is 12.5. The van der Waals surface area contributed by atoms with Crippen LogP contribution in [-0.2, 0) is 70.7 Å². The Kier molecular flexibility index (Phi) is 25.1. The number of alkyl halides is 1. The first-order valence-electron chi connectivity index (χ1n) is 23.3. The SMILES string of the molecule is CCOC(=O)C1=C(O)CC(=O)N=C1.CCOC(=O)C1=CN(C)C(=O)CC1=O.CCOC(=O)c1cn(C)c(=O)n(Cc2ccc(F)c(F)c2)c1=O.Cn1cc(C(=O)O)c(=O)n(Cc2ccc(F)c(F)c2)c1=O.Fc1ccc(CBr)cc1F. The average molecular weight is 1210 g/mol. The van der Waals surface area contributed by atoms with Gasteiger partial charge in [0.05, 0.1) is 45.8 Å². The highest BCUT2D eigenvalue weighted by molar-refractivity contribution is 9.08. The van der Waals surface area contributed by atoms with E-state index >= 15 is 0 Å². The molecular formula is C52H49BrF6N6O16. The molecule has 0 radical (unpaired) electrons. The summed E-state index contributed by atoms with van der Waals surface area (Å²) in [7, 11) is 4.15. The molecule has 4 heterocycles. The Morgan fingerprint density at radius 1 is 0.593 bits per heavy atom. The van der Waals surface area contributed by atoms with E-state index in [2.05, 4.69) is 30.4 Å². The fourth-order valence-electron chi connectivity index (χ4n) is 6.44. The molecule has 0 spiro atoms. The minimum atomic E-state index is -1.48. The van der Waals surface area contributed by atoms with Crippen molar-refractivity contribution in [2.75, 3.05) is 26.9 Å². The molecule has 7 rings (SSSR count). The minimum absolute atomic E-state index is 0.0403. The monoisotopic (exact) mass is 1210 g/mol. The van der Waals surface area contributed by atoms with Gasteiger partial charge in [0, 0.05) is 51.3 Å². The van der Waals surface area contributed by atoms with E-state index in [1.807, 2.05) is 0 Å². The summed E-state index contributed by atoms with van der Waals surface area (Å²) in [5.74, 6) is -11.1. The number of hydrogen-bond acceptors (Lipinski definition) is 15. The average Bonchev–Trinajstić information content (AvgIpc) is 3.44. The molecule has 0 aliphatic carbocycles. The number of carboxylic acids is 1. The van der Waals surface area contributed by atoms with Gasteiger partial charge in [0.25, 0.3) is 17.0 Å². The second-order valence-electron chi connectivity index (χ2n) is 16.3. The third kappa shape index (κ3) is 18.7. The summed E-state index contributed by atoms with van der Waals surface area (Å²) in [4.78, 5) is 131. The molecule has 2 aliphatic heterocycles. The van der Waals surface area contributed by atoms with Crippen LogP contribution in [0.4, 0.5) is 26.3 Å². The standard InChI is InChI=1S/C15H14F2N2O4.C13H10F2N2O4.C9H11NO4.C8H9NO4.C7H5BrF2/c1-3-23-14(21)10-8-18(2)15(22)19(13(10)20)7-9-4-5-11(16)12(17)6-9;1-16-6-8(12(19)20)11(18)17(13(16)21)5-7-2-3-9(14)10(15)4-7;1-3-14-9(13)6-5-10(2)8(12)4-7(6)11;1-2-13-8(12)5-4-9-7(11)3-6(5)10;8-4-5-1-2-6(9)7(10)3-5/h4-6,8H,3,7H2,1-2H3;2-4,6H,5H2,1H3,(H,19,20);5H,3-4H2,1-2H3;4,10H,2-3H2,1H3;1-3H,4H2. The Morgan fingerprint density at radius 2 is 1.01 bits per heavy atom. The van der Waals surface area contributed by atoms with Crippen LogP contribution in [0.1, 0.15) is 71.0 Å². The number of aromatic nitrogens is 4. The molecule has 22 nitrogen and oxygen atoms in total. The number of benzene rings is 3. The van der Waals surface area contributed by atoms with Crippen molar-refractivity contribution in [3.63, 3.8) is 0 Å². The number of ether oxygens (including phenoxy) is 3. The highest BCUT2D eigenvalue weighted by atomic mass is 79.9. The maximum atomic E-state index is 13.3. The zero-order valence-corrected chi connectivity index (χ0v) is 45.2. The van der Waals surface area contributed by atoms with Crippen LogP contribution in [0.5, 0.6) is 0 Å². The number of nitrogens with zero attached hydrogens (tertiary/aromatic N) is 6. The zero-order valence-electron chi connectivity index (χ0n) is 43.6. The number of ketones is 1. The van der Waals surface area contributed by atoms with Gasteiger partial charge in [-0.1, -0.05) is 34.1 Å². The molecule has 2 amide bonds. The number of aliphatic hydroxyl groups is 1. The molecular weight excluding hydrogens is 1160 g/mol. The second kappa shape index (κ2) is 30.8. The van der Waals surface area contributed by atoms with Gasteiger partial charge < -0.3 is 38.5 Å². The summed E-state index contributed by atoms with van der Waals surface area (Å²) in [6.07, 6.45) is 3.75. The summed E-state index contributed by atoms with van der Waals surface area (Å²) in [5.41, 5.74) is -3.18. The zero-order chi connectivity index (χ0) is 61.0. The largest absolute Gasteiger partial charge is 0.511 e. The van der Waals surface area contributed by atoms with E-state index < -0.39 is 98.5 Å². The van der Waals surface area contributed by atoms with Gasteiger partial charge in [0.15, 0.2) is 40.7 Å². The number of aromatic carboxylic acids is 1. The van der Waals surface area contributed by atoms with Gasteiger partial charge in [-0.25, -0.2) is 60.1 Å². The molecule has 0 bridgehead atoms. The Morgan fingerprint density at radius 3 is 1.44 bits per heavy atom. The number of carboxylic acid groups (broad SMARTS) is 1. The van der Waals surface area contributed by atoms with Gasteiger partial charge >= 0.3 is 35.3 Å².